The van der Waals surface area contributed by atoms with E-state index >= 15 is 0 Å². The first-order valence-corrected chi connectivity index (χ1v) is 10.1. The average Bonchev–Trinajstić information content (AvgIpc) is 3.14. The number of hydrogen-bond acceptors (Lipinski definition) is 4. The monoisotopic (exact) mass is 410 g/mol. The molecule has 28 heavy (non-hydrogen) atoms. The van der Waals surface area contributed by atoms with Gasteiger partial charge in [-0.15, -0.1) is 0 Å². The molecule has 3 aliphatic rings. The van der Waals surface area contributed by atoms with Crippen molar-refractivity contribution in [3.63, 3.8) is 0 Å². The van der Waals surface area contributed by atoms with E-state index in [4.69, 9.17) is 4.74 Å². The van der Waals surface area contributed by atoms with Crippen molar-refractivity contribution in [1.82, 2.24) is 10.2 Å². The van der Waals surface area contributed by atoms with E-state index in [9.17, 15) is 18.0 Å². The second kappa shape index (κ2) is 7.40. The lowest BCUT2D eigenvalue weighted by Gasteiger charge is -2.49. The number of amides is 1. The number of carbonyl (C=O) groups excluding carboxylic acids is 1. The maximum absolute atomic E-state index is 12.7. The van der Waals surface area contributed by atoms with Gasteiger partial charge in [0.2, 0.25) is 0 Å². The highest BCUT2D eigenvalue weighted by Crippen LogP contribution is 2.39. The van der Waals surface area contributed by atoms with Gasteiger partial charge in [0.05, 0.1) is 0 Å². The van der Waals surface area contributed by atoms with Crippen molar-refractivity contribution in [2.45, 2.75) is 38.0 Å². The molecule has 0 radical (unpaired) electrons. The van der Waals surface area contributed by atoms with E-state index in [1.54, 1.807) is 24.3 Å². The molecule has 3 saturated heterocycles. The first-order chi connectivity index (χ1) is 13.3. The summed E-state index contributed by atoms with van der Waals surface area (Å²) in [5.41, 5.74) is 0.512. The molecule has 3 aliphatic heterocycles. The highest BCUT2D eigenvalue weighted by molar-refractivity contribution is 7.13. The van der Waals surface area contributed by atoms with Gasteiger partial charge in [-0.3, -0.25) is 9.69 Å². The molecule has 2 atom stereocenters. The zero-order valence-corrected chi connectivity index (χ0v) is 16.1. The number of nitrogens with one attached hydrogen (secondary N) is 1. The van der Waals surface area contributed by atoms with E-state index in [-0.39, 0.29) is 17.0 Å². The minimum absolute atomic E-state index is 0.132. The second-order valence-electron chi connectivity index (χ2n) is 7.36. The maximum Gasteiger partial charge on any atom is 0.425 e. The zero-order chi connectivity index (χ0) is 19.9. The molecule has 1 aromatic heterocycles. The standard InChI is InChI=1S/C20H21F3N2O2S/c1-12-18(13-8-10-25(12)11-9-13)24-19(26)14-2-4-15(5-3-14)27-17-7-6-16(28-17)20(21,22)23/h2-7,12-13,18H,8-11H2,1H3,(H,24,26). The van der Waals surface area contributed by atoms with Crippen LogP contribution in [0.15, 0.2) is 36.4 Å². The fourth-order valence-corrected chi connectivity index (χ4v) is 4.84. The van der Waals surface area contributed by atoms with Crippen LogP contribution < -0.4 is 10.1 Å². The average molecular weight is 410 g/mol. The summed E-state index contributed by atoms with van der Waals surface area (Å²) >= 11 is 0.544. The normalized spacial score (nSPS) is 26.9. The number of thiophene rings is 1. The summed E-state index contributed by atoms with van der Waals surface area (Å²) in [7, 11) is 0. The van der Waals surface area contributed by atoms with Crippen LogP contribution in [0.4, 0.5) is 13.2 Å². The Bertz CT molecular complexity index is 840. The molecule has 150 valence electrons. The summed E-state index contributed by atoms with van der Waals surface area (Å²) in [4.78, 5) is 14.3. The highest BCUT2D eigenvalue weighted by atomic mass is 32.1. The topological polar surface area (TPSA) is 41.6 Å². The predicted molar refractivity (Wildman–Crippen MR) is 101 cm³/mol. The number of alkyl halides is 3. The molecule has 1 aromatic carbocycles. The van der Waals surface area contributed by atoms with E-state index in [0.717, 1.165) is 32.0 Å². The smallest absolute Gasteiger partial charge is 0.425 e. The third-order valence-corrected chi connectivity index (χ3v) is 6.68. The highest BCUT2D eigenvalue weighted by Gasteiger charge is 2.40. The molecule has 5 rings (SSSR count). The molecule has 0 spiro atoms. The Morgan fingerprint density at radius 1 is 1.14 bits per heavy atom. The number of benzene rings is 1. The van der Waals surface area contributed by atoms with Gasteiger partial charge in [0.15, 0.2) is 5.06 Å². The van der Waals surface area contributed by atoms with E-state index in [0.29, 0.717) is 34.6 Å². The number of ether oxygens (including phenoxy) is 1. The van der Waals surface area contributed by atoms with E-state index in [1.165, 1.54) is 6.07 Å². The quantitative estimate of drug-likeness (QED) is 0.789. The van der Waals surface area contributed by atoms with Crippen molar-refractivity contribution in [2.75, 3.05) is 13.1 Å². The van der Waals surface area contributed by atoms with Crippen molar-refractivity contribution < 1.29 is 22.7 Å². The van der Waals surface area contributed by atoms with Crippen LogP contribution in [-0.4, -0.2) is 36.0 Å². The van der Waals surface area contributed by atoms with Crippen LogP contribution in [0.2, 0.25) is 0 Å². The number of rotatable bonds is 4. The molecular formula is C20H21F3N2O2S. The molecule has 0 saturated carbocycles. The van der Waals surface area contributed by atoms with E-state index < -0.39 is 11.1 Å². The van der Waals surface area contributed by atoms with Crippen molar-refractivity contribution in [3.8, 4) is 10.8 Å². The van der Waals surface area contributed by atoms with Crippen molar-refractivity contribution in [3.05, 3.63) is 46.8 Å². The van der Waals surface area contributed by atoms with Crippen molar-refractivity contribution in [1.29, 1.82) is 0 Å². The lowest BCUT2D eigenvalue weighted by Crippen LogP contribution is -2.62. The third kappa shape index (κ3) is 3.89. The summed E-state index contributed by atoms with van der Waals surface area (Å²) in [5, 5.41) is 3.32. The number of fused-ring (bicyclic) bond motifs is 3. The van der Waals surface area contributed by atoms with Crippen LogP contribution >= 0.6 is 11.3 Å². The molecule has 4 heterocycles. The lowest BCUT2D eigenvalue weighted by atomic mass is 9.79. The van der Waals surface area contributed by atoms with Crippen LogP contribution in [0.1, 0.15) is 35.0 Å². The summed E-state index contributed by atoms with van der Waals surface area (Å²) in [6.45, 7) is 4.36. The van der Waals surface area contributed by atoms with Gasteiger partial charge in [-0.2, -0.15) is 13.2 Å². The van der Waals surface area contributed by atoms with Crippen LogP contribution in [0.5, 0.6) is 10.8 Å². The zero-order valence-electron chi connectivity index (χ0n) is 15.3. The second-order valence-corrected chi connectivity index (χ2v) is 8.40. The van der Waals surface area contributed by atoms with Gasteiger partial charge in [0.1, 0.15) is 10.6 Å². The minimum Gasteiger partial charge on any atom is -0.447 e. The van der Waals surface area contributed by atoms with Crippen molar-refractivity contribution in [2.24, 2.45) is 5.92 Å². The third-order valence-electron chi connectivity index (χ3n) is 5.67. The maximum atomic E-state index is 12.7. The van der Waals surface area contributed by atoms with Gasteiger partial charge in [-0.1, -0.05) is 11.3 Å². The number of nitrogens with zero attached hydrogens (tertiary/aromatic N) is 1. The Labute approximate surface area is 165 Å². The van der Waals surface area contributed by atoms with E-state index in [2.05, 4.69) is 17.1 Å². The first-order valence-electron chi connectivity index (χ1n) is 9.31. The van der Waals surface area contributed by atoms with Gasteiger partial charge in [0, 0.05) is 17.6 Å². The first kappa shape index (κ1) is 19.3. The van der Waals surface area contributed by atoms with Gasteiger partial charge < -0.3 is 10.1 Å². The molecule has 1 amide bonds. The number of carbonyl (C=O) groups is 1. The molecule has 4 nitrogen and oxygen atoms in total. The van der Waals surface area contributed by atoms with Gasteiger partial charge >= 0.3 is 6.18 Å². The largest absolute Gasteiger partial charge is 0.447 e. The Morgan fingerprint density at radius 2 is 1.82 bits per heavy atom. The van der Waals surface area contributed by atoms with E-state index in [1.807, 2.05) is 0 Å². The van der Waals surface area contributed by atoms with Crippen LogP contribution in [0, 0.1) is 5.92 Å². The fraction of sp³-hybridized carbons (Fsp3) is 0.450. The van der Waals surface area contributed by atoms with Crippen LogP contribution in [0.3, 0.4) is 0 Å². The summed E-state index contributed by atoms with van der Waals surface area (Å²) in [6.07, 6.45) is -2.15. The van der Waals surface area contributed by atoms with Crippen molar-refractivity contribution >= 4 is 17.2 Å². The van der Waals surface area contributed by atoms with Gasteiger partial charge in [-0.25, -0.2) is 0 Å². The molecule has 2 bridgehead atoms. The van der Waals surface area contributed by atoms with Gasteiger partial charge in [-0.05, 0) is 75.2 Å². The summed E-state index contributed by atoms with van der Waals surface area (Å²) < 4.78 is 43.5. The number of halogens is 3. The minimum atomic E-state index is -4.37. The number of hydrogen-bond donors (Lipinski definition) is 1. The number of piperidine rings is 3. The van der Waals surface area contributed by atoms with Gasteiger partial charge in [0.25, 0.3) is 5.91 Å². The van der Waals surface area contributed by atoms with Crippen LogP contribution in [0.25, 0.3) is 0 Å². The Kier molecular flexibility index (Phi) is 5.09. The fourth-order valence-electron chi connectivity index (χ4n) is 4.10. The summed E-state index contributed by atoms with van der Waals surface area (Å²) in [6, 6.07) is 9.24. The molecule has 8 heteroatoms. The lowest BCUT2D eigenvalue weighted by molar-refractivity contribution is -0.134. The molecule has 3 fully saturated rings. The molecule has 2 aromatic rings. The molecule has 2 unspecified atom stereocenters. The summed E-state index contributed by atoms with van der Waals surface area (Å²) in [5.74, 6) is 0.782. The molecule has 0 aliphatic carbocycles. The molecular weight excluding hydrogens is 389 g/mol. The Morgan fingerprint density at radius 3 is 2.39 bits per heavy atom. The Balaban J connectivity index is 1.39. The van der Waals surface area contributed by atoms with Crippen LogP contribution in [-0.2, 0) is 6.18 Å². The Hall–Kier alpha value is -2.06. The molecule has 1 N–H and O–H groups in total. The predicted octanol–water partition coefficient (Wildman–Crippen LogP) is 4.77. The SMILES string of the molecule is CC1C(NC(=O)c2ccc(Oc3ccc(C(F)(F)F)s3)cc2)C2CCN1CC2.